The van der Waals surface area contributed by atoms with Gasteiger partial charge in [-0.3, -0.25) is 9.78 Å². The molecule has 1 aliphatic rings. The first kappa shape index (κ1) is 17.1. The summed E-state index contributed by atoms with van der Waals surface area (Å²) in [5.74, 6) is 1.51. The van der Waals surface area contributed by atoms with Gasteiger partial charge in [0.1, 0.15) is 17.5 Å². The van der Waals surface area contributed by atoms with Gasteiger partial charge in [-0.2, -0.15) is 0 Å². The quantitative estimate of drug-likeness (QED) is 0.837. The number of piperazine rings is 1. The second kappa shape index (κ2) is 7.00. The van der Waals surface area contributed by atoms with E-state index in [1.807, 2.05) is 32.0 Å². The van der Waals surface area contributed by atoms with Crippen LogP contribution in [0.4, 0.5) is 16.0 Å². The van der Waals surface area contributed by atoms with Crippen molar-refractivity contribution >= 4 is 17.5 Å². The zero-order chi connectivity index (χ0) is 18.0. The summed E-state index contributed by atoms with van der Waals surface area (Å²) in [6.07, 6.45) is 2.49. The number of halogens is 1. The van der Waals surface area contributed by atoms with Crippen molar-refractivity contribution in [3.05, 3.63) is 41.7 Å². The SMILES string of the molecule is Cc1nc(N(C)C)cc(N2CCN(C(=O)c3ccncc3F)CC2)n1. The molecule has 1 amide bonds. The molecule has 8 heteroatoms. The molecule has 1 aliphatic heterocycles. The topological polar surface area (TPSA) is 65.5 Å². The Hall–Kier alpha value is -2.77. The van der Waals surface area contributed by atoms with Crippen molar-refractivity contribution in [1.29, 1.82) is 0 Å². The Kier molecular flexibility index (Phi) is 4.78. The number of amides is 1. The van der Waals surface area contributed by atoms with Crippen LogP contribution in [0.2, 0.25) is 0 Å². The first-order valence-electron chi connectivity index (χ1n) is 8.12. The van der Waals surface area contributed by atoms with Crippen LogP contribution in [0.15, 0.2) is 24.5 Å². The van der Waals surface area contributed by atoms with Crippen LogP contribution in [0, 0.1) is 12.7 Å². The molecule has 0 unspecified atom stereocenters. The summed E-state index contributed by atoms with van der Waals surface area (Å²) in [5, 5.41) is 0. The molecule has 3 rings (SSSR count). The van der Waals surface area contributed by atoms with Gasteiger partial charge < -0.3 is 14.7 Å². The van der Waals surface area contributed by atoms with Gasteiger partial charge >= 0.3 is 0 Å². The number of carbonyl (C=O) groups excluding carboxylic acids is 1. The van der Waals surface area contributed by atoms with Crippen molar-refractivity contribution in [2.75, 3.05) is 50.1 Å². The molecule has 1 saturated heterocycles. The Morgan fingerprint density at radius 1 is 1.20 bits per heavy atom. The lowest BCUT2D eigenvalue weighted by Gasteiger charge is -2.35. The second-order valence-corrected chi connectivity index (χ2v) is 6.16. The van der Waals surface area contributed by atoms with Crippen molar-refractivity contribution in [2.45, 2.75) is 6.92 Å². The Labute approximate surface area is 146 Å². The predicted octanol–water partition coefficient (Wildman–Crippen LogP) is 1.35. The molecule has 0 aliphatic carbocycles. The van der Waals surface area contributed by atoms with E-state index in [2.05, 4.69) is 19.9 Å². The fraction of sp³-hybridized carbons (Fsp3) is 0.412. The van der Waals surface area contributed by atoms with E-state index >= 15 is 0 Å². The van der Waals surface area contributed by atoms with Crippen LogP contribution < -0.4 is 9.80 Å². The lowest BCUT2D eigenvalue weighted by atomic mass is 10.2. The number of nitrogens with zero attached hydrogens (tertiary/aromatic N) is 6. The minimum atomic E-state index is -0.586. The van der Waals surface area contributed by atoms with E-state index in [4.69, 9.17) is 0 Å². The number of pyridine rings is 1. The van der Waals surface area contributed by atoms with Gasteiger partial charge in [0.05, 0.1) is 11.8 Å². The molecule has 132 valence electrons. The van der Waals surface area contributed by atoms with E-state index < -0.39 is 5.82 Å². The van der Waals surface area contributed by atoms with E-state index in [0.717, 1.165) is 17.8 Å². The average molecular weight is 344 g/mol. The molecular formula is C17H21FN6O. The fourth-order valence-electron chi connectivity index (χ4n) is 2.79. The van der Waals surface area contributed by atoms with Gasteiger partial charge in [0.25, 0.3) is 5.91 Å². The van der Waals surface area contributed by atoms with E-state index in [9.17, 15) is 9.18 Å². The Morgan fingerprint density at radius 2 is 1.92 bits per heavy atom. The van der Waals surface area contributed by atoms with E-state index in [1.165, 1.54) is 12.3 Å². The van der Waals surface area contributed by atoms with Crippen LogP contribution in [0.1, 0.15) is 16.2 Å². The third-order valence-corrected chi connectivity index (χ3v) is 4.16. The van der Waals surface area contributed by atoms with Gasteiger partial charge in [-0.1, -0.05) is 0 Å². The molecule has 0 bridgehead atoms. The first-order chi connectivity index (χ1) is 12.0. The monoisotopic (exact) mass is 344 g/mol. The summed E-state index contributed by atoms with van der Waals surface area (Å²) in [4.78, 5) is 30.8. The minimum absolute atomic E-state index is 0.0659. The van der Waals surface area contributed by atoms with Crippen LogP contribution in [0.5, 0.6) is 0 Å². The predicted molar refractivity (Wildman–Crippen MR) is 93.4 cm³/mol. The summed E-state index contributed by atoms with van der Waals surface area (Å²) >= 11 is 0. The van der Waals surface area contributed by atoms with Crippen LogP contribution in [0.3, 0.4) is 0 Å². The van der Waals surface area contributed by atoms with Crippen molar-refractivity contribution in [2.24, 2.45) is 0 Å². The van der Waals surface area contributed by atoms with Gasteiger partial charge in [0.15, 0.2) is 5.82 Å². The lowest BCUT2D eigenvalue weighted by Crippen LogP contribution is -2.49. The van der Waals surface area contributed by atoms with Crippen LogP contribution >= 0.6 is 0 Å². The van der Waals surface area contributed by atoms with Gasteiger partial charge in [-0.05, 0) is 13.0 Å². The first-order valence-corrected chi connectivity index (χ1v) is 8.12. The number of rotatable bonds is 3. The zero-order valence-corrected chi connectivity index (χ0v) is 14.6. The largest absolute Gasteiger partial charge is 0.363 e. The highest BCUT2D eigenvalue weighted by atomic mass is 19.1. The summed E-state index contributed by atoms with van der Waals surface area (Å²) in [7, 11) is 3.87. The molecule has 0 radical (unpaired) electrons. The van der Waals surface area contributed by atoms with E-state index in [-0.39, 0.29) is 11.5 Å². The summed E-state index contributed by atoms with van der Waals surface area (Å²) in [6, 6.07) is 3.36. The molecule has 0 saturated carbocycles. The van der Waals surface area contributed by atoms with Crippen molar-refractivity contribution in [1.82, 2.24) is 19.9 Å². The van der Waals surface area contributed by atoms with Gasteiger partial charge in [-0.25, -0.2) is 14.4 Å². The normalized spacial score (nSPS) is 14.6. The maximum Gasteiger partial charge on any atom is 0.257 e. The molecule has 1 fully saturated rings. The average Bonchev–Trinajstić information content (AvgIpc) is 2.61. The molecule has 2 aromatic heterocycles. The number of hydrogen-bond acceptors (Lipinski definition) is 6. The molecule has 2 aromatic rings. The third kappa shape index (κ3) is 3.67. The van der Waals surface area contributed by atoms with Crippen molar-refractivity contribution in [3.63, 3.8) is 0 Å². The molecular weight excluding hydrogens is 323 g/mol. The summed E-state index contributed by atoms with van der Waals surface area (Å²) < 4.78 is 13.8. The number of carbonyl (C=O) groups is 1. The number of anilines is 2. The molecule has 7 nitrogen and oxygen atoms in total. The standard InChI is InChI=1S/C17H21FN6O/c1-12-20-15(22(2)3)10-16(21-12)23-6-8-24(9-7-23)17(25)13-4-5-19-11-14(13)18/h4-5,10-11H,6-9H2,1-3H3. The third-order valence-electron chi connectivity index (χ3n) is 4.16. The molecule has 0 aromatic carbocycles. The van der Waals surface area contributed by atoms with Crippen LogP contribution in [-0.4, -0.2) is 66.0 Å². The Morgan fingerprint density at radius 3 is 2.56 bits per heavy atom. The lowest BCUT2D eigenvalue weighted by molar-refractivity contribution is 0.0741. The molecule has 3 heterocycles. The highest BCUT2D eigenvalue weighted by Crippen LogP contribution is 2.20. The summed E-state index contributed by atoms with van der Waals surface area (Å²) in [6.45, 7) is 4.17. The van der Waals surface area contributed by atoms with Gasteiger partial charge in [0.2, 0.25) is 0 Å². The number of hydrogen-bond donors (Lipinski definition) is 0. The van der Waals surface area contributed by atoms with Crippen molar-refractivity contribution in [3.8, 4) is 0 Å². The number of aryl methyl sites for hydroxylation is 1. The van der Waals surface area contributed by atoms with Crippen LogP contribution in [0.25, 0.3) is 0 Å². The molecule has 0 N–H and O–H groups in total. The van der Waals surface area contributed by atoms with Crippen molar-refractivity contribution < 1.29 is 9.18 Å². The zero-order valence-electron chi connectivity index (χ0n) is 14.6. The van der Waals surface area contributed by atoms with E-state index in [0.29, 0.717) is 32.0 Å². The Bertz CT molecular complexity index is 773. The second-order valence-electron chi connectivity index (χ2n) is 6.16. The van der Waals surface area contributed by atoms with E-state index in [1.54, 1.807) is 4.90 Å². The highest BCUT2D eigenvalue weighted by Gasteiger charge is 2.25. The van der Waals surface area contributed by atoms with Crippen LogP contribution in [-0.2, 0) is 0 Å². The maximum atomic E-state index is 13.8. The molecule has 0 spiro atoms. The maximum absolute atomic E-state index is 13.8. The van der Waals surface area contributed by atoms with Gasteiger partial charge in [-0.15, -0.1) is 0 Å². The smallest absolute Gasteiger partial charge is 0.257 e. The summed E-state index contributed by atoms with van der Waals surface area (Å²) in [5.41, 5.74) is 0.0659. The molecule has 25 heavy (non-hydrogen) atoms. The fourth-order valence-corrected chi connectivity index (χ4v) is 2.79. The van der Waals surface area contributed by atoms with Gasteiger partial charge in [0, 0.05) is 52.5 Å². The minimum Gasteiger partial charge on any atom is -0.363 e. The highest BCUT2D eigenvalue weighted by molar-refractivity contribution is 5.94. The molecule has 0 atom stereocenters. The Balaban J connectivity index is 1.70. The number of aromatic nitrogens is 3.